The van der Waals surface area contributed by atoms with Crippen LogP contribution in [0.4, 0.5) is 0 Å². The number of rotatable bonds is 13. The second-order valence-electron chi connectivity index (χ2n) is 26.6. The van der Waals surface area contributed by atoms with Crippen molar-refractivity contribution in [3.05, 3.63) is 358 Å². The Kier molecular flexibility index (Phi) is 15.5. The molecule has 0 fully saturated rings. The molecule has 0 radical (unpaired) electrons. The maximum Gasteiger partial charge on any atom is 0.112 e. The van der Waals surface area contributed by atoms with Crippen LogP contribution in [-0.4, -0.2) is 29.8 Å². The summed E-state index contributed by atoms with van der Waals surface area (Å²) in [7, 11) is -4.03. The fourth-order valence-corrected chi connectivity index (χ4v) is 19.4. The van der Waals surface area contributed by atoms with Crippen molar-refractivity contribution in [3.8, 4) is 61.6 Å². The molecule has 0 aliphatic carbocycles. The zero-order valence-corrected chi connectivity index (χ0v) is 57.2. The topological polar surface area (TPSA) is 14.8 Å². The number of benzene rings is 14. The molecule has 0 saturated carbocycles. The summed E-state index contributed by atoms with van der Waals surface area (Å²) in [6, 6.07) is 123. The molecule has 0 N–H and O–H groups in total. The highest BCUT2D eigenvalue weighted by molar-refractivity contribution is 7.01. The summed E-state index contributed by atoms with van der Waals surface area (Å²) in [5, 5.41) is 13.3. The van der Waals surface area contributed by atoms with Gasteiger partial charge in [0.05, 0.1) is 33.1 Å². The van der Waals surface area contributed by atoms with Crippen molar-refractivity contribution in [1.82, 2.24) is 13.7 Å². The van der Waals surface area contributed by atoms with Crippen molar-refractivity contribution < 1.29 is 0 Å². The van der Waals surface area contributed by atoms with Gasteiger partial charge in [-0.2, -0.15) is 0 Å². The van der Waals surface area contributed by atoms with E-state index < -0.39 is 16.1 Å². The first kappa shape index (κ1) is 60.3. The molecule has 0 spiro atoms. The van der Waals surface area contributed by atoms with Crippen LogP contribution in [0.2, 0.25) is 26.2 Å². The van der Waals surface area contributed by atoms with Gasteiger partial charge in [-0.1, -0.05) is 339 Å². The lowest BCUT2D eigenvalue weighted by Crippen LogP contribution is -2.53. The van der Waals surface area contributed by atoms with Crippen LogP contribution in [0, 0.1) is 0 Å². The normalized spacial score (nSPS) is 11.8. The Morgan fingerprint density at radius 2 is 0.423 bits per heavy atom. The largest absolute Gasteiger partial charge is 0.309 e. The monoisotopic (exact) mass is 1280 g/mol. The minimum absolute atomic E-state index is 1.14. The summed E-state index contributed by atoms with van der Waals surface area (Å²) in [6.45, 7) is 17.6. The van der Waals surface area contributed by atoms with Crippen molar-refractivity contribution in [2.24, 2.45) is 0 Å². The minimum atomic E-state index is -2.19. The van der Waals surface area contributed by atoms with E-state index >= 15 is 0 Å². The van der Waals surface area contributed by atoms with Gasteiger partial charge in [-0.3, -0.25) is 0 Å². The molecule has 0 saturated heterocycles. The maximum absolute atomic E-state index is 3.91. The Morgan fingerprint density at radius 3 is 0.680 bits per heavy atom. The fraction of sp³-hybridized carbons (Fsp3) is 0.0435. The zero-order chi connectivity index (χ0) is 65.8. The molecule has 3 nitrogen and oxygen atoms in total. The first-order chi connectivity index (χ1) is 47.5. The highest BCUT2D eigenvalue weighted by Crippen LogP contribution is 2.38. The molecule has 97 heavy (non-hydrogen) atoms. The molecule has 5 heteroatoms. The number of para-hydroxylation sites is 6. The molecule has 0 aliphatic heterocycles. The third kappa shape index (κ3) is 11.0. The average Bonchev–Trinajstić information content (AvgIpc) is 1.45. The lowest BCUT2D eigenvalue weighted by atomic mass is 10.0. The number of fused-ring (bicyclic) bond motifs is 9. The molecule has 3 aromatic heterocycles. The highest BCUT2D eigenvalue weighted by atomic mass is 28.3. The zero-order valence-electron chi connectivity index (χ0n) is 55.2. The van der Waals surface area contributed by atoms with Crippen LogP contribution in [0.3, 0.4) is 0 Å². The summed E-state index contributed by atoms with van der Waals surface area (Å²) < 4.78 is 7.29. The maximum atomic E-state index is 3.91. The standard InChI is InChI=1S/C46H36N2Si.C46H37NSi/c1-4-32-21-23-33(24-22-32)34-25-27-37(28-26-34)49(2,3)38-30-35(47-43-17-9-5-13-39(43)40-14-6-10-18-44(40)47)29-36(31-38)48-45-19-11-7-15-41(45)42-16-8-12-20-46(42)48;1-4-33-13-15-34(16-14-33)38-23-29-41(30-24-38)48(2,3)42-31-25-39(26-32-42)36-19-17-35(18-20-36)37-21-27-40(28-22-37)47-45-11-7-5-9-43(45)44-10-6-8-12-46(44)47/h4-31H,1H2,2-3H3;4-32H,1H2,2-3H3. The molecule has 0 aliphatic rings. The van der Waals surface area contributed by atoms with Crippen LogP contribution in [0.15, 0.2) is 347 Å². The van der Waals surface area contributed by atoms with Crippen LogP contribution in [0.1, 0.15) is 11.1 Å². The van der Waals surface area contributed by atoms with E-state index in [1.54, 1.807) is 0 Å². The van der Waals surface area contributed by atoms with Gasteiger partial charge >= 0.3 is 0 Å². The van der Waals surface area contributed by atoms with E-state index in [0.717, 1.165) is 11.1 Å². The summed E-state index contributed by atoms with van der Waals surface area (Å²) in [5.74, 6) is 0. The summed E-state index contributed by atoms with van der Waals surface area (Å²) in [5.41, 5.74) is 23.0. The van der Waals surface area contributed by atoms with E-state index in [2.05, 4.69) is 387 Å². The Balaban J connectivity index is 0.000000152. The summed E-state index contributed by atoms with van der Waals surface area (Å²) in [6.07, 6.45) is 3.77. The first-order valence-electron chi connectivity index (χ1n) is 33.6. The van der Waals surface area contributed by atoms with Crippen LogP contribution in [-0.2, 0) is 0 Å². The van der Waals surface area contributed by atoms with Gasteiger partial charge in [0.2, 0.25) is 0 Å². The molecular weight excluding hydrogens is 1200 g/mol. The Morgan fingerprint density at radius 1 is 0.216 bits per heavy atom. The SMILES string of the molecule is C=Cc1ccc(-c2ccc([Si](C)(C)c3cc(-n4c5ccccc5c5ccccc54)cc(-n4c5ccccc5c5ccccc54)c3)cc2)cc1.C=Cc1ccc(-c2ccc([Si](C)(C)c3ccc(-c4ccc(-c5ccc(-n6c7ccccc7c7ccccc76)cc5)cc4)cc3)cc2)cc1. The second kappa shape index (κ2) is 24.9. The Hall–Kier alpha value is -11.6. The number of hydrogen-bond donors (Lipinski definition) is 0. The van der Waals surface area contributed by atoms with E-state index in [1.165, 1.54) is 148 Å². The summed E-state index contributed by atoms with van der Waals surface area (Å²) >= 11 is 0. The Labute approximate surface area is 570 Å². The predicted molar refractivity (Wildman–Crippen MR) is 424 cm³/mol. The van der Waals surface area contributed by atoms with Crippen LogP contribution in [0.25, 0.3) is 139 Å². The van der Waals surface area contributed by atoms with E-state index in [1.807, 2.05) is 12.2 Å². The predicted octanol–water partition coefficient (Wildman–Crippen LogP) is 22.3. The van der Waals surface area contributed by atoms with Gasteiger partial charge in [0.1, 0.15) is 16.1 Å². The van der Waals surface area contributed by atoms with Gasteiger partial charge in [0, 0.05) is 49.4 Å². The van der Waals surface area contributed by atoms with Crippen molar-refractivity contribution in [2.45, 2.75) is 26.2 Å². The van der Waals surface area contributed by atoms with Crippen LogP contribution >= 0.6 is 0 Å². The second-order valence-corrected chi connectivity index (χ2v) is 35.4. The quantitative estimate of drug-likeness (QED) is 0.102. The van der Waals surface area contributed by atoms with Crippen molar-refractivity contribution in [1.29, 1.82) is 0 Å². The third-order valence-corrected chi connectivity index (χ3v) is 27.4. The molecule has 14 aromatic carbocycles. The van der Waals surface area contributed by atoms with Crippen molar-refractivity contribution in [3.63, 3.8) is 0 Å². The van der Waals surface area contributed by atoms with Crippen molar-refractivity contribution >= 4 is 114 Å². The molecule has 3 heterocycles. The molecule has 17 rings (SSSR count). The molecule has 0 bridgehead atoms. The van der Waals surface area contributed by atoms with E-state index in [-0.39, 0.29) is 0 Å². The third-order valence-electron chi connectivity index (χ3n) is 20.3. The molecule has 0 unspecified atom stereocenters. The van der Waals surface area contributed by atoms with Crippen molar-refractivity contribution in [2.75, 3.05) is 0 Å². The molecule has 464 valence electrons. The first-order valence-corrected chi connectivity index (χ1v) is 39.6. The lowest BCUT2D eigenvalue weighted by molar-refractivity contribution is 1.14. The smallest absolute Gasteiger partial charge is 0.112 e. The molecular formula is C92H73N3Si2. The van der Waals surface area contributed by atoms with Gasteiger partial charge in [-0.25, -0.2) is 0 Å². The average molecular weight is 1280 g/mol. The fourth-order valence-electron chi connectivity index (χ4n) is 14.7. The molecule has 0 atom stereocenters. The van der Waals surface area contributed by atoms with Gasteiger partial charge in [-0.15, -0.1) is 0 Å². The van der Waals surface area contributed by atoms with Gasteiger partial charge in [0.15, 0.2) is 0 Å². The van der Waals surface area contributed by atoms with E-state index in [4.69, 9.17) is 0 Å². The Bertz CT molecular complexity index is 5500. The van der Waals surface area contributed by atoms with Gasteiger partial charge in [-0.05, 0) is 122 Å². The van der Waals surface area contributed by atoms with Crippen LogP contribution in [0.5, 0.6) is 0 Å². The van der Waals surface area contributed by atoms with E-state index in [0.29, 0.717) is 0 Å². The lowest BCUT2D eigenvalue weighted by Gasteiger charge is -2.26. The summed E-state index contributed by atoms with van der Waals surface area (Å²) in [4.78, 5) is 0. The number of nitrogens with zero attached hydrogens (tertiary/aromatic N) is 3. The van der Waals surface area contributed by atoms with E-state index in [9.17, 15) is 0 Å². The van der Waals surface area contributed by atoms with Crippen LogP contribution < -0.4 is 20.7 Å². The highest BCUT2D eigenvalue weighted by Gasteiger charge is 2.30. The molecule has 0 amide bonds. The van der Waals surface area contributed by atoms with Gasteiger partial charge < -0.3 is 13.7 Å². The molecule has 17 aromatic rings. The minimum Gasteiger partial charge on any atom is -0.309 e. The van der Waals surface area contributed by atoms with Gasteiger partial charge in [0.25, 0.3) is 0 Å². The number of hydrogen-bond acceptors (Lipinski definition) is 0. The number of aromatic nitrogens is 3.